The number of halogens is 1. The normalized spacial score (nSPS) is 34.9. The molecule has 120 valence electrons. The minimum absolute atomic E-state index is 0.244. The molecule has 5 atom stereocenters. The van der Waals surface area contributed by atoms with Crippen molar-refractivity contribution in [1.29, 1.82) is 0 Å². The van der Waals surface area contributed by atoms with Gasteiger partial charge in [-0.1, -0.05) is 35.4 Å². The molecule has 0 N–H and O–H groups in total. The summed E-state index contributed by atoms with van der Waals surface area (Å²) in [7, 11) is 2.85. The van der Waals surface area contributed by atoms with Gasteiger partial charge in [-0.3, -0.25) is 0 Å². The lowest BCUT2D eigenvalue weighted by atomic mass is 9.81. The van der Waals surface area contributed by atoms with Gasteiger partial charge in [0.15, 0.2) is 11.9 Å². The molecule has 0 bridgehead atoms. The van der Waals surface area contributed by atoms with Crippen LogP contribution in [0.15, 0.2) is 35.4 Å². The maximum Gasteiger partial charge on any atom is 0.189 e. The Kier molecular flexibility index (Phi) is 5.37. The molecular formula is C15H20FN3O3. The number of methoxy groups -OCH3 is 2. The van der Waals surface area contributed by atoms with Crippen LogP contribution in [0.2, 0.25) is 0 Å². The largest absolute Gasteiger partial charge is 0.369 e. The fourth-order valence-electron chi connectivity index (χ4n) is 2.89. The van der Waals surface area contributed by atoms with E-state index in [2.05, 4.69) is 10.0 Å². The Balaban J connectivity index is 2.40. The van der Waals surface area contributed by atoms with Crippen molar-refractivity contribution in [2.24, 2.45) is 5.11 Å². The van der Waals surface area contributed by atoms with Crippen molar-refractivity contribution in [3.63, 3.8) is 0 Å². The molecule has 0 spiro atoms. The van der Waals surface area contributed by atoms with Crippen LogP contribution in [0.4, 0.5) is 4.39 Å². The van der Waals surface area contributed by atoms with E-state index in [-0.39, 0.29) is 6.42 Å². The second-order valence-corrected chi connectivity index (χ2v) is 5.33. The predicted molar refractivity (Wildman–Crippen MR) is 79.1 cm³/mol. The van der Waals surface area contributed by atoms with Gasteiger partial charge in [-0.2, -0.15) is 0 Å². The smallest absolute Gasteiger partial charge is 0.189 e. The molecule has 1 aliphatic heterocycles. The Morgan fingerprint density at radius 3 is 2.59 bits per heavy atom. The van der Waals surface area contributed by atoms with Gasteiger partial charge in [0.2, 0.25) is 0 Å². The number of hydrogen-bond donors (Lipinski definition) is 0. The van der Waals surface area contributed by atoms with Crippen LogP contribution >= 0.6 is 0 Å². The Bertz CT molecular complexity index is 538. The van der Waals surface area contributed by atoms with Crippen LogP contribution in [0, 0.1) is 0 Å². The van der Waals surface area contributed by atoms with Gasteiger partial charge in [0, 0.05) is 25.6 Å². The van der Waals surface area contributed by atoms with Gasteiger partial charge in [-0.05, 0) is 18.0 Å². The number of ether oxygens (including phenoxy) is 3. The van der Waals surface area contributed by atoms with Gasteiger partial charge in [-0.15, -0.1) is 0 Å². The topological polar surface area (TPSA) is 76.5 Å². The number of benzene rings is 1. The molecule has 7 heteroatoms. The Morgan fingerprint density at radius 2 is 2.05 bits per heavy atom. The van der Waals surface area contributed by atoms with Crippen molar-refractivity contribution < 1.29 is 18.6 Å². The molecule has 1 heterocycles. The van der Waals surface area contributed by atoms with Crippen LogP contribution in [-0.4, -0.2) is 44.4 Å². The molecule has 0 radical (unpaired) electrons. The van der Waals surface area contributed by atoms with Crippen LogP contribution < -0.4 is 0 Å². The fourth-order valence-corrected chi connectivity index (χ4v) is 2.89. The summed E-state index contributed by atoms with van der Waals surface area (Å²) in [6.07, 6.45) is -2.81. The first-order valence-corrected chi connectivity index (χ1v) is 7.04. The van der Waals surface area contributed by atoms with Crippen molar-refractivity contribution in [3.8, 4) is 0 Å². The molecule has 0 aliphatic carbocycles. The van der Waals surface area contributed by atoms with E-state index in [4.69, 9.17) is 19.7 Å². The highest BCUT2D eigenvalue weighted by Gasteiger charge is 2.56. The summed E-state index contributed by atoms with van der Waals surface area (Å²) in [5, 5.41) is 3.54. The van der Waals surface area contributed by atoms with Gasteiger partial charge < -0.3 is 14.2 Å². The average Bonchev–Trinajstić information content (AvgIpc) is 2.55. The molecule has 2 rings (SSSR count). The summed E-state index contributed by atoms with van der Waals surface area (Å²) in [6.45, 7) is 1.65. The number of alkyl halides is 1. The summed E-state index contributed by atoms with van der Waals surface area (Å²) < 4.78 is 31.7. The van der Waals surface area contributed by atoms with Crippen LogP contribution in [0.1, 0.15) is 12.5 Å². The van der Waals surface area contributed by atoms with Crippen molar-refractivity contribution >= 4 is 0 Å². The predicted octanol–water partition coefficient (Wildman–Crippen LogP) is 3.02. The number of azide groups is 1. The van der Waals surface area contributed by atoms with E-state index >= 15 is 4.39 Å². The monoisotopic (exact) mass is 309 g/mol. The van der Waals surface area contributed by atoms with Gasteiger partial charge in [0.05, 0.1) is 12.1 Å². The first-order chi connectivity index (χ1) is 10.6. The molecule has 1 saturated heterocycles. The SMILES string of the molecule is CO[C@H]1O[C@H](C)[C@@H](N=[N+]=[N-])[C@H](F)[C@]1(Cc1ccccc1)OC. The van der Waals surface area contributed by atoms with Crippen LogP contribution in [0.3, 0.4) is 0 Å². The van der Waals surface area contributed by atoms with Crippen molar-refractivity contribution in [2.45, 2.75) is 43.6 Å². The highest BCUT2D eigenvalue weighted by atomic mass is 19.1. The molecule has 0 unspecified atom stereocenters. The van der Waals surface area contributed by atoms with Crippen LogP contribution in [0.5, 0.6) is 0 Å². The summed E-state index contributed by atoms with van der Waals surface area (Å²) in [5.41, 5.74) is 8.18. The van der Waals surface area contributed by atoms with E-state index in [0.717, 1.165) is 5.56 Å². The second-order valence-electron chi connectivity index (χ2n) is 5.33. The third-order valence-electron chi connectivity index (χ3n) is 4.09. The van der Waals surface area contributed by atoms with Crippen LogP contribution in [0.25, 0.3) is 10.4 Å². The van der Waals surface area contributed by atoms with E-state index in [1.165, 1.54) is 14.2 Å². The zero-order chi connectivity index (χ0) is 16.2. The lowest BCUT2D eigenvalue weighted by Crippen LogP contribution is -2.65. The molecule has 0 amide bonds. The second kappa shape index (κ2) is 7.07. The molecule has 1 aromatic carbocycles. The fraction of sp³-hybridized carbons (Fsp3) is 0.600. The van der Waals surface area contributed by atoms with E-state index < -0.39 is 30.2 Å². The third kappa shape index (κ3) is 2.94. The van der Waals surface area contributed by atoms with Crippen molar-refractivity contribution in [2.75, 3.05) is 14.2 Å². The van der Waals surface area contributed by atoms with E-state index in [9.17, 15) is 0 Å². The number of hydrogen-bond acceptors (Lipinski definition) is 4. The van der Waals surface area contributed by atoms with Gasteiger partial charge in [0.25, 0.3) is 0 Å². The molecule has 0 aromatic heterocycles. The summed E-state index contributed by atoms with van der Waals surface area (Å²) in [4.78, 5) is 2.73. The maximum atomic E-state index is 15.2. The summed E-state index contributed by atoms with van der Waals surface area (Å²) in [5.74, 6) is 0. The highest BCUT2D eigenvalue weighted by Crippen LogP contribution is 2.39. The van der Waals surface area contributed by atoms with E-state index in [1.54, 1.807) is 6.92 Å². The average molecular weight is 309 g/mol. The van der Waals surface area contributed by atoms with Crippen molar-refractivity contribution in [1.82, 2.24) is 0 Å². The lowest BCUT2D eigenvalue weighted by Gasteiger charge is -2.48. The van der Waals surface area contributed by atoms with E-state index in [1.807, 2.05) is 30.3 Å². The quantitative estimate of drug-likeness (QED) is 0.476. The molecule has 1 aromatic rings. The summed E-state index contributed by atoms with van der Waals surface area (Å²) >= 11 is 0. The Labute approximate surface area is 128 Å². The van der Waals surface area contributed by atoms with Gasteiger partial charge >= 0.3 is 0 Å². The van der Waals surface area contributed by atoms with Gasteiger partial charge in [-0.25, -0.2) is 4.39 Å². The standard InChI is InChI=1S/C15H20FN3O3/c1-10-12(18-19-17)13(16)15(21-3,14(20-2)22-10)9-11-7-5-4-6-8-11/h4-8,10,12-14H,9H2,1-3H3/t10-,12-,13+,14+,15+/m1/s1. The molecule has 1 aliphatic rings. The zero-order valence-corrected chi connectivity index (χ0v) is 12.8. The van der Waals surface area contributed by atoms with Crippen LogP contribution in [-0.2, 0) is 20.6 Å². The minimum atomic E-state index is -1.55. The van der Waals surface area contributed by atoms with E-state index in [0.29, 0.717) is 0 Å². The van der Waals surface area contributed by atoms with Gasteiger partial charge in [0.1, 0.15) is 6.17 Å². The first kappa shape index (κ1) is 16.7. The summed E-state index contributed by atoms with van der Waals surface area (Å²) in [6, 6.07) is 8.39. The molecule has 22 heavy (non-hydrogen) atoms. The molecule has 6 nitrogen and oxygen atoms in total. The molecule has 1 fully saturated rings. The van der Waals surface area contributed by atoms with Crippen molar-refractivity contribution in [3.05, 3.63) is 46.3 Å². The number of rotatable bonds is 5. The highest BCUT2D eigenvalue weighted by molar-refractivity contribution is 5.20. The maximum absolute atomic E-state index is 15.2. The molecule has 0 saturated carbocycles. The Morgan fingerprint density at radius 1 is 1.36 bits per heavy atom. The zero-order valence-electron chi connectivity index (χ0n) is 12.8. The number of nitrogens with zero attached hydrogens (tertiary/aromatic N) is 3. The molecular weight excluding hydrogens is 289 g/mol. The first-order valence-electron chi connectivity index (χ1n) is 7.04. The minimum Gasteiger partial charge on any atom is -0.369 e. The Hall–Kier alpha value is -1.66. The lowest BCUT2D eigenvalue weighted by molar-refractivity contribution is -0.303. The third-order valence-corrected chi connectivity index (χ3v) is 4.09.